The molecule has 8 heteroatoms. The number of anilines is 1. The number of amides is 1. The number of aryl methyl sites for hydroxylation is 1. The summed E-state index contributed by atoms with van der Waals surface area (Å²) in [5.74, 6) is 1.83. The van der Waals surface area contributed by atoms with Crippen molar-refractivity contribution in [3.05, 3.63) is 69.9 Å². The van der Waals surface area contributed by atoms with Gasteiger partial charge in [-0.05, 0) is 49.2 Å². The Morgan fingerprint density at radius 3 is 2.67 bits per heavy atom. The number of nitrogens with zero attached hydrogens (tertiary/aromatic N) is 1. The van der Waals surface area contributed by atoms with Gasteiger partial charge >= 0.3 is 0 Å². The number of carbonyl (C=O) groups excluding carboxylic acids is 1. The number of carbonyl (C=O) groups is 1. The van der Waals surface area contributed by atoms with Gasteiger partial charge in [-0.1, -0.05) is 29.8 Å². The zero-order valence-corrected chi connectivity index (χ0v) is 18.4. The fraction of sp³-hybridized carbons (Fsp3) is 0.273. The van der Waals surface area contributed by atoms with Gasteiger partial charge in [0.15, 0.2) is 17.3 Å². The first-order valence-corrected chi connectivity index (χ1v) is 10.8. The largest absolute Gasteiger partial charge is 0.493 e. The second-order valence-electron chi connectivity index (χ2n) is 7.08. The van der Waals surface area contributed by atoms with E-state index >= 15 is 0 Å². The van der Waals surface area contributed by atoms with Crippen LogP contribution < -0.4 is 14.8 Å². The van der Waals surface area contributed by atoms with Crippen molar-refractivity contribution < 1.29 is 14.3 Å². The van der Waals surface area contributed by atoms with Crippen LogP contribution in [0.4, 0.5) is 5.82 Å². The molecule has 0 fully saturated rings. The fourth-order valence-corrected chi connectivity index (χ4v) is 4.80. The highest BCUT2D eigenvalue weighted by Gasteiger charge is 2.32. The molecule has 0 saturated carbocycles. The quantitative estimate of drug-likeness (QED) is 0.572. The molecule has 1 aromatic heterocycles. The molecule has 2 unspecified atom stereocenters. The molecule has 156 valence electrons. The summed E-state index contributed by atoms with van der Waals surface area (Å²) in [5, 5.41) is 10.6. The molecule has 0 radical (unpaired) electrons. The molecule has 0 saturated heterocycles. The fourth-order valence-electron chi connectivity index (χ4n) is 3.36. The number of fused-ring (bicyclic) bond motifs is 1. The van der Waals surface area contributed by atoms with Crippen LogP contribution in [0.1, 0.15) is 34.6 Å². The Bertz CT molecular complexity index is 1070. The third kappa shape index (κ3) is 4.13. The van der Waals surface area contributed by atoms with Crippen molar-refractivity contribution in [3.63, 3.8) is 0 Å². The van der Waals surface area contributed by atoms with Crippen molar-refractivity contribution in [2.24, 2.45) is 0 Å². The average Bonchev–Trinajstić information content (AvgIpc) is 3.04. The van der Waals surface area contributed by atoms with Crippen LogP contribution in [0, 0.1) is 6.92 Å². The van der Waals surface area contributed by atoms with Crippen LogP contribution >= 0.6 is 23.4 Å². The third-order valence-electron chi connectivity index (χ3n) is 5.01. The Labute approximate surface area is 184 Å². The van der Waals surface area contributed by atoms with E-state index in [4.69, 9.17) is 21.1 Å². The van der Waals surface area contributed by atoms with Crippen molar-refractivity contribution in [1.29, 1.82) is 0 Å². The molecule has 0 spiro atoms. The number of nitrogens with one attached hydrogen (secondary N) is 2. The maximum absolute atomic E-state index is 12.3. The number of methoxy groups -OCH3 is 1. The zero-order chi connectivity index (χ0) is 21.3. The van der Waals surface area contributed by atoms with Crippen LogP contribution in [0.2, 0.25) is 5.02 Å². The maximum Gasteiger partial charge on any atom is 0.238 e. The Balaban J connectivity index is 1.62. The van der Waals surface area contributed by atoms with Gasteiger partial charge in [-0.25, -0.2) is 0 Å². The van der Waals surface area contributed by atoms with Crippen LogP contribution in [0.3, 0.4) is 0 Å². The standard InChI is InChI=1S/C22H22ClN3O3S/c1-12-19-20(30-13(2)22(27)24-21(19)26-25-12)15-6-9-17(18(10-15)28-3)29-11-14-4-7-16(23)8-5-14/h4-10,13,20H,11H2,1-3H3,(H2,24,25,26,27). The second kappa shape index (κ2) is 8.62. The molecule has 1 amide bonds. The number of ether oxygens (including phenoxy) is 2. The van der Waals surface area contributed by atoms with E-state index in [1.54, 1.807) is 18.9 Å². The smallest absolute Gasteiger partial charge is 0.238 e. The van der Waals surface area contributed by atoms with Gasteiger partial charge < -0.3 is 14.8 Å². The maximum atomic E-state index is 12.3. The first kappa shape index (κ1) is 20.6. The van der Waals surface area contributed by atoms with Crippen molar-refractivity contribution in [1.82, 2.24) is 10.2 Å². The lowest BCUT2D eigenvalue weighted by atomic mass is 10.0. The SMILES string of the molecule is COc1cc(C2SC(C)C(=O)Nc3n[nH]c(C)c32)ccc1OCc1ccc(Cl)cc1. The summed E-state index contributed by atoms with van der Waals surface area (Å²) in [4.78, 5) is 12.3. The zero-order valence-electron chi connectivity index (χ0n) is 16.9. The van der Waals surface area contributed by atoms with E-state index in [-0.39, 0.29) is 16.4 Å². The number of rotatable bonds is 5. The van der Waals surface area contributed by atoms with Gasteiger partial charge in [0.2, 0.25) is 5.91 Å². The average molecular weight is 444 g/mol. The van der Waals surface area contributed by atoms with E-state index in [2.05, 4.69) is 15.5 Å². The van der Waals surface area contributed by atoms with Crippen LogP contribution in [0.25, 0.3) is 0 Å². The van der Waals surface area contributed by atoms with Gasteiger partial charge in [0.1, 0.15) is 6.61 Å². The number of thioether (sulfide) groups is 1. The minimum atomic E-state index is -0.213. The Hall–Kier alpha value is -2.64. The van der Waals surface area contributed by atoms with E-state index < -0.39 is 0 Å². The molecule has 0 aliphatic carbocycles. The first-order chi connectivity index (χ1) is 14.5. The summed E-state index contributed by atoms with van der Waals surface area (Å²) in [6.07, 6.45) is 0. The Morgan fingerprint density at radius 2 is 1.93 bits per heavy atom. The van der Waals surface area contributed by atoms with Gasteiger partial charge in [-0.15, -0.1) is 11.8 Å². The van der Waals surface area contributed by atoms with Gasteiger partial charge in [-0.3, -0.25) is 9.89 Å². The summed E-state index contributed by atoms with van der Waals surface area (Å²) in [5.41, 5.74) is 3.94. The van der Waals surface area contributed by atoms with Gasteiger partial charge in [0.05, 0.1) is 17.6 Å². The van der Waals surface area contributed by atoms with Crippen molar-refractivity contribution in [2.45, 2.75) is 31.0 Å². The highest BCUT2D eigenvalue weighted by atomic mass is 35.5. The predicted molar refractivity (Wildman–Crippen MR) is 120 cm³/mol. The third-order valence-corrected chi connectivity index (χ3v) is 6.66. The van der Waals surface area contributed by atoms with Crippen LogP contribution in [0.15, 0.2) is 42.5 Å². The van der Waals surface area contributed by atoms with Gasteiger partial charge in [0.25, 0.3) is 0 Å². The molecule has 6 nitrogen and oxygen atoms in total. The number of hydrogen-bond donors (Lipinski definition) is 2. The van der Waals surface area contributed by atoms with Gasteiger partial charge in [0, 0.05) is 16.3 Å². The van der Waals surface area contributed by atoms with Gasteiger partial charge in [-0.2, -0.15) is 5.10 Å². The topological polar surface area (TPSA) is 76.2 Å². The van der Waals surface area contributed by atoms with Crippen molar-refractivity contribution in [3.8, 4) is 11.5 Å². The number of H-pyrrole nitrogens is 1. The first-order valence-electron chi connectivity index (χ1n) is 9.52. The molecule has 1 aliphatic rings. The molecular weight excluding hydrogens is 422 g/mol. The minimum Gasteiger partial charge on any atom is -0.493 e. The lowest BCUT2D eigenvalue weighted by Gasteiger charge is -2.19. The summed E-state index contributed by atoms with van der Waals surface area (Å²) < 4.78 is 11.6. The number of halogens is 1. The van der Waals surface area contributed by atoms with E-state index in [1.807, 2.05) is 56.3 Å². The highest BCUT2D eigenvalue weighted by Crippen LogP contribution is 2.46. The Morgan fingerprint density at radius 1 is 1.17 bits per heavy atom. The van der Waals surface area contributed by atoms with Crippen LogP contribution in [-0.2, 0) is 11.4 Å². The molecule has 2 atom stereocenters. The monoisotopic (exact) mass is 443 g/mol. The summed E-state index contributed by atoms with van der Waals surface area (Å²) in [6.45, 7) is 4.27. The summed E-state index contributed by atoms with van der Waals surface area (Å²) in [6, 6.07) is 13.4. The van der Waals surface area contributed by atoms with Crippen molar-refractivity contribution in [2.75, 3.05) is 12.4 Å². The lowest BCUT2D eigenvalue weighted by molar-refractivity contribution is -0.115. The number of aromatic amines is 1. The molecule has 0 bridgehead atoms. The van der Waals surface area contributed by atoms with E-state index in [0.717, 1.165) is 22.4 Å². The van der Waals surface area contributed by atoms with E-state index in [9.17, 15) is 4.79 Å². The highest BCUT2D eigenvalue weighted by molar-refractivity contribution is 8.01. The summed E-state index contributed by atoms with van der Waals surface area (Å²) >= 11 is 7.53. The Kier molecular flexibility index (Phi) is 5.92. The molecule has 4 rings (SSSR count). The second-order valence-corrected chi connectivity index (χ2v) is 8.97. The molecule has 1 aliphatic heterocycles. The van der Waals surface area contributed by atoms with Crippen molar-refractivity contribution >= 4 is 35.1 Å². The molecule has 2 aromatic carbocycles. The molecule has 3 aromatic rings. The van der Waals surface area contributed by atoms with E-state index in [0.29, 0.717) is 28.9 Å². The normalized spacial score (nSPS) is 18.3. The minimum absolute atomic E-state index is 0.0508. The number of benzene rings is 2. The summed E-state index contributed by atoms with van der Waals surface area (Å²) in [7, 11) is 1.62. The predicted octanol–water partition coefficient (Wildman–Crippen LogP) is 5.12. The number of hydrogen-bond acceptors (Lipinski definition) is 5. The van der Waals surface area contributed by atoms with E-state index in [1.165, 1.54) is 0 Å². The number of aromatic nitrogens is 2. The lowest BCUT2D eigenvalue weighted by Crippen LogP contribution is -2.21. The van der Waals surface area contributed by atoms with Crippen LogP contribution in [-0.4, -0.2) is 28.5 Å². The van der Waals surface area contributed by atoms with Crippen LogP contribution in [0.5, 0.6) is 11.5 Å². The molecule has 30 heavy (non-hydrogen) atoms. The molecule has 2 heterocycles. The molecule has 2 N–H and O–H groups in total. The molecular formula is C22H22ClN3O3S.